The molecule has 0 saturated heterocycles. The first-order valence-corrected chi connectivity index (χ1v) is 7.50. The quantitative estimate of drug-likeness (QED) is 0.942. The van der Waals surface area contributed by atoms with E-state index < -0.39 is 6.10 Å². The van der Waals surface area contributed by atoms with E-state index in [0.29, 0.717) is 18.0 Å². The number of benzene rings is 2. The predicted molar refractivity (Wildman–Crippen MR) is 85.8 cm³/mol. The number of carbonyl (C=O) groups excluding carboxylic acids is 1. The summed E-state index contributed by atoms with van der Waals surface area (Å²) in [7, 11) is 1.62. The minimum Gasteiger partial charge on any atom is -0.497 e. The van der Waals surface area contributed by atoms with Crippen LogP contribution in [0.2, 0.25) is 0 Å². The molecule has 1 aliphatic heterocycles. The molecular weight excluding hydrogens is 294 g/mol. The number of para-hydroxylation sites is 2. The molecule has 0 aliphatic carbocycles. The predicted octanol–water partition coefficient (Wildman–Crippen LogP) is 2.54. The third-order valence-corrected chi connectivity index (χ3v) is 3.73. The lowest BCUT2D eigenvalue weighted by atomic mass is 10.1. The summed E-state index contributed by atoms with van der Waals surface area (Å²) in [5.74, 6) is 1.85. The van der Waals surface area contributed by atoms with Gasteiger partial charge in [0.1, 0.15) is 11.9 Å². The highest BCUT2D eigenvalue weighted by Gasteiger charge is 2.33. The fourth-order valence-electron chi connectivity index (χ4n) is 2.44. The van der Waals surface area contributed by atoms with Crippen LogP contribution in [0.4, 0.5) is 0 Å². The van der Waals surface area contributed by atoms with Gasteiger partial charge in [-0.2, -0.15) is 0 Å². The highest BCUT2D eigenvalue weighted by Crippen LogP contribution is 2.33. The summed E-state index contributed by atoms with van der Waals surface area (Å²) >= 11 is 0. The second-order valence-corrected chi connectivity index (χ2v) is 5.37. The Morgan fingerprint density at radius 1 is 1.09 bits per heavy atom. The maximum Gasteiger partial charge on any atom is 0.265 e. The number of fused-ring (bicyclic) bond motifs is 1. The number of carbonyl (C=O) groups is 1. The number of hydrogen-bond donors (Lipinski definition) is 1. The third kappa shape index (κ3) is 3.39. The van der Waals surface area contributed by atoms with Crippen LogP contribution in [0.1, 0.15) is 12.5 Å². The van der Waals surface area contributed by atoms with Crippen molar-refractivity contribution >= 4 is 5.91 Å². The summed E-state index contributed by atoms with van der Waals surface area (Å²) in [4.78, 5) is 12.4. The first kappa shape index (κ1) is 15.2. The largest absolute Gasteiger partial charge is 0.497 e. The molecule has 2 aromatic carbocycles. The Morgan fingerprint density at radius 2 is 1.74 bits per heavy atom. The summed E-state index contributed by atoms with van der Waals surface area (Å²) in [6, 6.07) is 14.9. The third-order valence-electron chi connectivity index (χ3n) is 3.73. The van der Waals surface area contributed by atoms with E-state index in [1.807, 2.05) is 49.4 Å². The first-order chi connectivity index (χ1) is 11.2. The van der Waals surface area contributed by atoms with Gasteiger partial charge in [0, 0.05) is 6.54 Å². The Kier molecular flexibility index (Phi) is 4.37. The van der Waals surface area contributed by atoms with Crippen molar-refractivity contribution in [2.75, 3.05) is 7.11 Å². The molecule has 3 rings (SSSR count). The monoisotopic (exact) mass is 313 g/mol. The Labute approximate surface area is 135 Å². The Balaban J connectivity index is 1.61. The minimum absolute atomic E-state index is 0.192. The summed E-state index contributed by atoms with van der Waals surface area (Å²) in [5.41, 5.74) is 0.990. The van der Waals surface area contributed by atoms with E-state index in [-0.39, 0.29) is 12.0 Å². The van der Waals surface area contributed by atoms with Gasteiger partial charge in [-0.3, -0.25) is 4.79 Å². The van der Waals surface area contributed by atoms with Crippen LogP contribution in [0, 0.1) is 0 Å². The van der Waals surface area contributed by atoms with Crippen molar-refractivity contribution in [3.63, 3.8) is 0 Å². The van der Waals surface area contributed by atoms with Crippen molar-refractivity contribution in [3.05, 3.63) is 54.1 Å². The molecule has 1 N–H and O–H groups in total. The van der Waals surface area contributed by atoms with Crippen LogP contribution in [0.15, 0.2) is 48.5 Å². The Hall–Kier alpha value is -2.69. The summed E-state index contributed by atoms with van der Waals surface area (Å²) in [5, 5.41) is 2.88. The zero-order valence-electron chi connectivity index (χ0n) is 13.1. The first-order valence-electron chi connectivity index (χ1n) is 7.50. The molecule has 23 heavy (non-hydrogen) atoms. The van der Waals surface area contributed by atoms with E-state index in [2.05, 4.69) is 5.32 Å². The second kappa shape index (κ2) is 6.60. The molecular formula is C18H19NO4. The molecule has 0 spiro atoms. The molecule has 1 heterocycles. The van der Waals surface area contributed by atoms with Crippen molar-refractivity contribution in [1.82, 2.24) is 5.32 Å². The Morgan fingerprint density at radius 3 is 2.39 bits per heavy atom. The average Bonchev–Trinajstić information content (AvgIpc) is 2.59. The maximum atomic E-state index is 12.4. The van der Waals surface area contributed by atoms with E-state index >= 15 is 0 Å². The van der Waals surface area contributed by atoms with Gasteiger partial charge < -0.3 is 19.5 Å². The van der Waals surface area contributed by atoms with Gasteiger partial charge in [0.15, 0.2) is 11.5 Å². The highest BCUT2D eigenvalue weighted by molar-refractivity contribution is 5.82. The summed E-state index contributed by atoms with van der Waals surface area (Å²) < 4.78 is 16.6. The number of amides is 1. The van der Waals surface area contributed by atoms with Crippen molar-refractivity contribution < 1.29 is 19.0 Å². The van der Waals surface area contributed by atoms with Crippen LogP contribution in [0.5, 0.6) is 17.2 Å². The van der Waals surface area contributed by atoms with Crippen molar-refractivity contribution in [3.8, 4) is 17.2 Å². The molecule has 5 heteroatoms. The molecule has 0 saturated carbocycles. The van der Waals surface area contributed by atoms with E-state index in [4.69, 9.17) is 14.2 Å². The van der Waals surface area contributed by atoms with Crippen LogP contribution in [-0.4, -0.2) is 25.2 Å². The number of ether oxygens (including phenoxy) is 3. The lowest BCUT2D eigenvalue weighted by Gasteiger charge is -2.31. The molecule has 0 bridgehead atoms. The normalized spacial score (nSPS) is 19.0. The van der Waals surface area contributed by atoms with Crippen LogP contribution in [0.3, 0.4) is 0 Å². The minimum atomic E-state index is -0.664. The maximum absolute atomic E-state index is 12.4. The summed E-state index contributed by atoms with van der Waals surface area (Å²) in [6.45, 7) is 2.25. The van der Waals surface area contributed by atoms with Crippen LogP contribution in [0.25, 0.3) is 0 Å². The average molecular weight is 313 g/mol. The van der Waals surface area contributed by atoms with Crippen LogP contribution >= 0.6 is 0 Å². The van der Waals surface area contributed by atoms with E-state index in [0.717, 1.165) is 11.3 Å². The molecule has 0 aromatic heterocycles. The molecule has 1 amide bonds. The SMILES string of the molecule is COc1ccc(CNC(=O)C2Oc3ccccc3OC2C)cc1. The van der Waals surface area contributed by atoms with E-state index in [9.17, 15) is 4.79 Å². The number of hydrogen-bond acceptors (Lipinski definition) is 4. The fourth-order valence-corrected chi connectivity index (χ4v) is 2.44. The van der Waals surface area contributed by atoms with E-state index in [1.54, 1.807) is 13.2 Å². The number of rotatable bonds is 4. The van der Waals surface area contributed by atoms with Crippen molar-refractivity contribution in [2.45, 2.75) is 25.7 Å². The van der Waals surface area contributed by atoms with Gasteiger partial charge in [-0.25, -0.2) is 0 Å². The van der Waals surface area contributed by atoms with Gasteiger partial charge >= 0.3 is 0 Å². The standard InChI is InChI=1S/C18H19NO4/c1-12-17(23-16-6-4-3-5-15(16)22-12)18(20)19-11-13-7-9-14(21-2)10-8-13/h3-10,12,17H,11H2,1-2H3,(H,19,20). The van der Waals surface area contributed by atoms with Gasteiger partial charge in [-0.05, 0) is 36.8 Å². The summed E-state index contributed by atoms with van der Waals surface area (Å²) in [6.07, 6.45) is -1.01. The van der Waals surface area contributed by atoms with E-state index in [1.165, 1.54) is 0 Å². The van der Waals surface area contributed by atoms with Crippen molar-refractivity contribution in [1.29, 1.82) is 0 Å². The van der Waals surface area contributed by atoms with Gasteiger partial charge in [-0.15, -0.1) is 0 Å². The molecule has 0 radical (unpaired) electrons. The lowest BCUT2D eigenvalue weighted by Crippen LogP contribution is -2.48. The van der Waals surface area contributed by atoms with Gasteiger partial charge in [-0.1, -0.05) is 24.3 Å². The smallest absolute Gasteiger partial charge is 0.265 e. The number of methoxy groups -OCH3 is 1. The molecule has 2 atom stereocenters. The zero-order chi connectivity index (χ0) is 16.2. The molecule has 1 aliphatic rings. The second-order valence-electron chi connectivity index (χ2n) is 5.37. The zero-order valence-corrected chi connectivity index (χ0v) is 13.1. The van der Waals surface area contributed by atoms with Gasteiger partial charge in [0.2, 0.25) is 6.10 Å². The van der Waals surface area contributed by atoms with Gasteiger partial charge in [0.05, 0.1) is 7.11 Å². The highest BCUT2D eigenvalue weighted by atomic mass is 16.6. The molecule has 0 fully saturated rings. The lowest BCUT2D eigenvalue weighted by molar-refractivity contribution is -0.133. The van der Waals surface area contributed by atoms with Crippen LogP contribution in [-0.2, 0) is 11.3 Å². The van der Waals surface area contributed by atoms with Gasteiger partial charge in [0.25, 0.3) is 5.91 Å². The number of nitrogens with one attached hydrogen (secondary N) is 1. The van der Waals surface area contributed by atoms with Crippen molar-refractivity contribution in [2.24, 2.45) is 0 Å². The molecule has 2 unspecified atom stereocenters. The molecule has 120 valence electrons. The van der Waals surface area contributed by atoms with Crippen LogP contribution < -0.4 is 19.5 Å². The topological polar surface area (TPSA) is 56.8 Å². The Bertz CT molecular complexity index is 684. The molecule has 2 aromatic rings. The molecule has 5 nitrogen and oxygen atoms in total. The fraction of sp³-hybridized carbons (Fsp3) is 0.278.